The first-order valence-corrected chi connectivity index (χ1v) is 14.2. The molecule has 2 aromatic carbocycles. The summed E-state index contributed by atoms with van der Waals surface area (Å²) in [7, 11) is 1.56. The molecule has 1 saturated heterocycles. The molecule has 0 spiro atoms. The number of carbonyl (C=O) groups is 3. The molecule has 0 aliphatic carbocycles. The standard InChI is InChI=1S/C32H42FNO9/c1-20-27(41-24-14-12-21(33)13-15-24)26(40-23-18-16-22(38-8)17-19-23)11-9-10-25(28(35)39-20)34(29(36)42-31(2,3)4)30(37)43-32(5,6)7/h12-20,25-27H,9-11H2,1-8H3. The second-order valence-electron chi connectivity index (χ2n) is 12.3. The van der Waals surface area contributed by atoms with E-state index in [4.69, 9.17) is 28.4 Å². The monoisotopic (exact) mass is 603 g/mol. The van der Waals surface area contributed by atoms with E-state index >= 15 is 0 Å². The summed E-state index contributed by atoms with van der Waals surface area (Å²) in [6, 6.07) is 11.1. The van der Waals surface area contributed by atoms with Gasteiger partial charge in [-0.2, -0.15) is 4.90 Å². The fourth-order valence-electron chi connectivity index (χ4n) is 4.41. The Kier molecular flexibility index (Phi) is 10.9. The molecule has 0 aromatic heterocycles. The molecule has 0 N–H and O–H groups in total. The second-order valence-corrected chi connectivity index (χ2v) is 12.3. The molecule has 43 heavy (non-hydrogen) atoms. The number of rotatable bonds is 6. The minimum atomic E-state index is -1.33. The number of imide groups is 1. The summed E-state index contributed by atoms with van der Waals surface area (Å²) < 4.78 is 48.2. The molecule has 1 aliphatic rings. The first-order chi connectivity index (χ1) is 20.1. The van der Waals surface area contributed by atoms with E-state index in [1.165, 1.54) is 24.3 Å². The van der Waals surface area contributed by atoms with Crippen LogP contribution in [0.25, 0.3) is 0 Å². The van der Waals surface area contributed by atoms with Gasteiger partial charge in [-0.05, 0) is 116 Å². The van der Waals surface area contributed by atoms with Crippen molar-refractivity contribution in [3.63, 3.8) is 0 Å². The molecule has 2 aromatic rings. The van der Waals surface area contributed by atoms with E-state index in [-0.39, 0.29) is 6.42 Å². The third-order valence-corrected chi connectivity index (χ3v) is 6.29. The number of benzene rings is 2. The van der Waals surface area contributed by atoms with Crippen LogP contribution in [-0.4, -0.2) is 65.7 Å². The molecule has 10 nitrogen and oxygen atoms in total. The van der Waals surface area contributed by atoms with Crippen molar-refractivity contribution in [2.75, 3.05) is 7.11 Å². The fraction of sp³-hybridized carbons (Fsp3) is 0.531. The van der Waals surface area contributed by atoms with Gasteiger partial charge in [-0.1, -0.05) is 0 Å². The highest BCUT2D eigenvalue weighted by Crippen LogP contribution is 2.29. The summed E-state index contributed by atoms with van der Waals surface area (Å²) in [6.45, 7) is 11.5. The Hall–Kier alpha value is -4.02. The van der Waals surface area contributed by atoms with Gasteiger partial charge in [0.2, 0.25) is 0 Å². The van der Waals surface area contributed by atoms with Gasteiger partial charge in [0.15, 0.2) is 6.10 Å². The van der Waals surface area contributed by atoms with Crippen LogP contribution in [0.4, 0.5) is 14.0 Å². The molecule has 4 unspecified atom stereocenters. The predicted molar refractivity (Wildman–Crippen MR) is 156 cm³/mol. The van der Waals surface area contributed by atoms with Gasteiger partial charge in [0.25, 0.3) is 0 Å². The van der Waals surface area contributed by atoms with Crippen molar-refractivity contribution in [3.05, 3.63) is 54.3 Å². The summed E-state index contributed by atoms with van der Waals surface area (Å²) in [6.07, 6.45) is -3.72. The maximum Gasteiger partial charge on any atom is 0.420 e. The molecule has 0 radical (unpaired) electrons. The zero-order chi connectivity index (χ0) is 31.9. The topological polar surface area (TPSA) is 110 Å². The van der Waals surface area contributed by atoms with Gasteiger partial charge < -0.3 is 28.4 Å². The maximum atomic E-state index is 13.7. The van der Waals surface area contributed by atoms with Gasteiger partial charge in [0.05, 0.1) is 7.11 Å². The number of nitrogens with zero attached hydrogens (tertiary/aromatic N) is 1. The average molecular weight is 604 g/mol. The number of hydrogen-bond donors (Lipinski definition) is 0. The molecule has 3 rings (SSSR count). The van der Waals surface area contributed by atoms with Crippen molar-refractivity contribution in [2.24, 2.45) is 0 Å². The molecular formula is C32H42FNO9. The van der Waals surface area contributed by atoms with Gasteiger partial charge >= 0.3 is 18.2 Å². The third kappa shape index (κ3) is 10.0. The van der Waals surface area contributed by atoms with E-state index in [9.17, 15) is 18.8 Å². The van der Waals surface area contributed by atoms with Gasteiger partial charge in [0.1, 0.15) is 52.5 Å². The van der Waals surface area contributed by atoms with Crippen molar-refractivity contribution in [1.82, 2.24) is 4.90 Å². The van der Waals surface area contributed by atoms with E-state index < -0.39 is 59.5 Å². The van der Waals surface area contributed by atoms with Crippen LogP contribution in [0.3, 0.4) is 0 Å². The van der Waals surface area contributed by atoms with Crippen molar-refractivity contribution in [2.45, 2.75) is 103 Å². The first kappa shape index (κ1) is 33.5. The SMILES string of the molecule is COc1ccc(OC2CCCC(N(C(=O)OC(C)(C)C)C(=O)OC(C)(C)C)C(=O)OC(C)C2Oc2ccc(F)cc2)cc1. The lowest BCUT2D eigenvalue weighted by Crippen LogP contribution is -2.53. The Morgan fingerprint density at radius 2 is 1.30 bits per heavy atom. The van der Waals surface area contributed by atoms with Crippen molar-refractivity contribution < 1.29 is 47.2 Å². The number of ether oxygens (including phenoxy) is 6. The van der Waals surface area contributed by atoms with Crippen molar-refractivity contribution >= 4 is 18.2 Å². The van der Waals surface area contributed by atoms with Gasteiger partial charge in [-0.25, -0.2) is 18.8 Å². The Labute approximate surface area is 252 Å². The number of carbonyl (C=O) groups excluding carboxylic acids is 3. The largest absolute Gasteiger partial charge is 0.497 e. The molecule has 1 aliphatic heterocycles. The second kappa shape index (κ2) is 14.0. The summed E-state index contributed by atoms with van der Waals surface area (Å²) in [5.74, 6) is 0.256. The molecule has 0 bridgehead atoms. The van der Waals surface area contributed by atoms with Gasteiger partial charge in [-0.15, -0.1) is 0 Å². The lowest BCUT2D eigenvalue weighted by molar-refractivity contribution is -0.160. The van der Waals surface area contributed by atoms with E-state index in [1.54, 1.807) is 79.8 Å². The lowest BCUT2D eigenvalue weighted by atomic mass is 10.0. The summed E-state index contributed by atoms with van der Waals surface area (Å²) in [4.78, 5) is 40.9. The summed E-state index contributed by atoms with van der Waals surface area (Å²) in [5.41, 5.74) is -1.89. The molecule has 1 fully saturated rings. The summed E-state index contributed by atoms with van der Waals surface area (Å²) in [5, 5.41) is 0. The predicted octanol–water partition coefficient (Wildman–Crippen LogP) is 6.69. The van der Waals surface area contributed by atoms with Crippen LogP contribution in [-0.2, 0) is 19.0 Å². The van der Waals surface area contributed by atoms with E-state index in [2.05, 4.69) is 0 Å². The van der Waals surface area contributed by atoms with Crippen LogP contribution in [0.15, 0.2) is 48.5 Å². The summed E-state index contributed by atoms with van der Waals surface area (Å²) >= 11 is 0. The van der Waals surface area contributed by atoms with Crippen LogP contribution in [0.1, 0.15) is 67.7 Å². The Morgan fingerprint density at radius 3 is 1.81 bits per heavy atom. The van der Waals surface area contributed by atoms with E-state index in [0.29, 0.717) is 35.0 Å². The van der Waals surface area contributed by atoms with Crippen molar-refractivity contribution in [3.8, 4) is 17.2 Å². The zero-order valence-corrected chi connectivity index (χ0v) is 26.0. The Balaban J connectivity index is 1.96. The molecule has 0 saturated carbocycles. The highest BCUT2D eigenvalue weighted by Gasteiger charge is 2.44. The minimum Gasteiger partial charge on any atom is -0.497 e. The van der Waals surface area contributed by atoms with Crippen LogP contribution in [0.2, 0.25) is 0 Å². The first-order valence-electron chi connectivity index (χ1n) is 14.2. The van der Waals surface area contributed by atoms with Crippen LogP contribution in [0, 0.1) is 5.82 Å². The van der Waals surface area contributed by atoms with Crippen LogP contribution >= 0.6 is 0 Å². The van der Waals surface area contributed by atoms with E-state index in [1.807, 2.05) is 0 Å². The molecule has 4 atom stereocenters. The van der Waals surface area contributed by atoms with Crippen LogP contribution < -0.4 is 14.2 Å². The zero-order valence-electron chi connectivity index (χ0n) is 26.0. The molecule has 11 heteroatoms. The smallest absolute Gasteiger partial charge is 0.420 e. The van der Waals surface area contributed by atoms with Gasteiger partial charge in [0, 0.05) is 0 Å². The van der Waals surface area contributed by atoms with Crippen LogP contribution in [0.5, 0.6) is 17.2 Å². The average Bonchev–Trinajstić information content (AvgIpc) is 2.94. The third-order valence-electron chi connectivity index (χ3n) is 6.29. The highest BCUT2D eigenvalue weighted by molar-refractivity contribution is 5.94. The maximum absolute atomic E-state index is 13.7. The number of esters is 1. The Morgan fingerprint density at radius 1 is 0.814 bits per heavy atom. The van der Waals surface area contributed by atoms with Gasteiger partial charge in [-0.3, -0.25) is 0 Å². The normalized spacial score (nSPS) is 21.3. The number of amides is 2. The quantitative estimate of drug-likeness (QED) is 0.264. The lowest BCUT2D eigenvalue weighted by Gasteiger charge is -2.33. The minimum absolute atomic E-state index is 0.0514. The highest BCUT2D eigenvalue weighted by atomic mass is 19.1. The molecule has 1 heterocycles. The number of methoxy groups -OCH3 is 1. The molecule has 236 valence electrons. The number of hydrogen-bond acceptors (Lipinski definition) is 9. The Bertz CT molecular complexity index is 1210. The molecular weight excluding hydrogens is 561 g/mol. The number of cyclic esters (lactones) is 1. The van der Waals surface area contributed by atoms with E-state index in [0.717, 1.165) is 0 Å². The molecule has 2 amide bonds. The van der Waals surface area contributed by atoms with Crippen molar-refractivity contribution in [1.29, 1.82) is 0 Å². The fourth-order valence-corrected chi connectivity index (χ4v) is 4.41. The number of halogens is 1.